The van der Waals surface area contributed by atoms with E-state index in [0.717, 1.165) is 41.6 Å². The zero-order valence-electron chi connectivity index (χ0n) is 20.3. The first kappa shape index (κ1) is 24.5. The van der Waals surface area contributed by atoms with Gasteiger partial charge >= 0.3 is 5.97 Å². The number of benzene rings is 1. The Morgan fingerprint density at radius 3 is 2.68 bits per heavy atom. The van der Waals surface area contributed by atoms with Gasteiger partial charge in [0.25, 0.3) is 0 Å². The molecule has 0 bridgehead atoms. The second-order valence-electron chi connectivity index (χ2n) is 9.04. The molecule has 0 aromatic heterocycles. The van der Waals surface area contributed by atoms with Gasteiger partial charge in [0.2, 0.25) is 5.91 Å². The number of carbonyl (C=O) groups is 2. The second kappa shape index (κ2) is 10.8. The molecule has 0 radical (unpaired) electrons. The molecule has 0 saturated carbocycles. The Labute approximate surface area is 205 Å². The van der Waals surface area contributed by atoms with Crippen molar-refractivity contribution in [3.8, 4) is 0 Å². The van der Waals surface area contributed by atoms with Crippen LogP contribution < -0.4 is 5.32 Å². The Morgan fingerprint density at radius 1 is 1.29 bits per heavy atom. The maximum Gasteiger partial charge on any atom is 0.338 e. The maximum atomic E-state index is 13.0. The summed E-state index contributed by atoms with van der Waals surface area (Å²) in [5.41, 5.74) is 4.27. The molecule has 1 amide bonds. The Balaban J connectivity index is 1.63. The number of amides is 1. The average molecular weight is 484 g/mol. The molecule has 34 heavy (non-hydrogen) atoms. The average Bonchev–Trinajstić information content (AvgIpc) is 3.51. The molecular weight excluding hydrogens is 450 g/mol. The number of nitrogens with one attached hydrogen (secondary N) is 1. The van der Waals surface area contributed by atoms with Gasteiger partial charge in [-0.2, -0.15) is 0 Å². The number of rotatable bonds is 8. The Morgan fingerprint density at radius 2 is 2.06 bits per heavy atom. The number of aliphatic imine (C=N–C) groups is 1. The first-order valence-electron chi connectivity index (χ1n) is 12.0. The van der Waals surface area contributed by atoms with Gasteiger partial charge in [-0.25, -0.2) is 9.79 Å². The van der Waals surface area contributed by atoms with E-state index in [1.165, 1.54) is 24.4 Å². The first-order valence-corrected chi connectivity index (χ1v) is 12.8. The first-order chi connectivity index (χ1) is 16.4. The van der Waals surface area contributed by atoms with Gasteiger partial charge in [-0.15, -0.1) is 0 Å². The van der Waals surface area contributed by atoms with Crippen LogP contribution in [0.4, 0.5) is 0 Å². The summed E-state index contributed by atoms with van der Waals surface area (Å²) in [5.74, 6) is -0.0521. The quantitative estimate of drug-likeness (QED) is 0.543. The van der Waals surface area contributed by atoms with E-state index >= 15 is 0 Å². The lowest BCUT2D eigenvalue weighted by Gasteiger charge is -2.36. The van der Waals surface area contributed by atoms with E-state index in [2.05, 4.69) is 43.4 Å². The van der Waals surface area contributed by atoms with Crippen LogP contribution in [0.1, 0.15) is 69.5 Å². The van der Waals surface area contributed by atoms with Crippen molar-refractivity contribution in [2.45, 2.75) is 64.5 Å². The molecule has 0 unspecified atom stereocenters. The van der Waals surface area contributed by atoms with Crippen molar-refractivity contribution in [3.63, 3.8) is 0 Å². The third kappa shape index (κ3) is 5.08. The van der Waals surface area contributed by atoms with Gasteiger partial charge in [0.1, 0.15) is 0 Å². The molecule has 3 aliphatic heterocycles. The minimum atomic E-state index is -0.400. The van der Waals surface area contributed by atoms with Crippen molar-refractivity contribution in [1.29, 1.82) is 0 Å². The van der Waals surface area contributed by atoms with E-state index in [1.807, 2.05) is 17.2 Å². The number of methoxy groups -OCH3 is 1. The van der Waals surface area contributed by atoms with Crippen LogP contribution in [-0.2, 0) is 19.1 Å². The highest BCUT2D eigenvalue weighted by Gasteiger charge is 2.41. The van der Waals surface area contributed by atoms with Crippen molar-refractivity contribution in [1.82, 2.24) is 10.2 Å². The third-order valence-electron chi connectivity index (χ3n) is 6.44. The molecule has 1 saturated heterocycles. The number of esters is 1. The van der Waals surface area contributed by atoms with Crippen LogP contribution in [0.25, 0.3) is 0 Å². The van der Waals surface area contributed by atoms with Crippen LogP contribution in [-0.4, -0.2) is 48.3 Å². The fourth-order valence-corrected chi connectivity index (χ4v) is 5.49. The predicted molar refractivity (Wildman–Crippen MR) is 134 cm³/mol. The summed E-state index contributed by atoms with van der Waals surface area (Å²) in [7, 11) is 1.40. The van der Waals surface area contributed by atoms with Gasteiger partial charge in [0.05, 0.1) is 36.9 Å². The molecule has 0 spiro atoms. The van der Waals surface area contributed by atoms with E-state index in [1.54, 1.807) is 0 Å². The minimum absolute atomic E-state index is 0.0672. The van der Waals surface area contributed by atoms with E-state index in [9.17, 15) is 9.59 Å². The summed E-state index contributed by atoms with van der Waals surface area (Å²) in [6.45, 7) is 7.58. The Kier molecular flexibility index (Phi) is 7.78. The topological polar surface area (TPSA) is 80.2 Å². The van der Waals surface area contributed by atoms with Gasteiger partial charge in [-0.05, 0) is 41.7 Å². The molecule has 8 heteroatoms. The number of hydrogen-bond acceptors (Lipinski definition) is 7. The smallest absolute Gasteiger partial charge is 0.338 e. The molecule has 7 nitrogen and oxygen atoms in total. The molecule has 1 aromatic carbocycles. The predicted octanol–water partition coefficient (Wildman–Crippen LogP) is 4.63. The summed E-state index contributed by atoms with van der Waals surface area (Å²) in [4.78, 5) is 32.6. The number of carbonyl (C=O) groups excluding carboxylic acids is 2. The van der Waals surface area contributed by atoms with E-state index in [4.69, 9.17) is 14.5 Å². The summed E-state index contributed by atoms with van der Waals surface area (Å²) in [6.07, 6.45) is 2.92. The van der Waals surface area contributed by atoms with Gasteiger partial charge in [0, 0.05) is 18.8 Å². The van der Waals surface area contributed by atoms with E-state index in [0.29, 0.717) is 24.5 Å². The van der Waals surface area contributed by atoms with Gasteiger partial charge in [-0.1, -0.05) is 56.8 Å². The lowest BCUT2D eigenvalue weighted by Crippen LogP contribution is -2.39. The molecule has 3 heterocycles. The third-order valence-corrected chi connectivity index (χ3v) is 7.33. The number of ether oxygens (including phenoxy) is 2. The maximum absolute atomic E-state index is 13.0. The lowest BCUT2D eigenvalue weighted by molar-refractivity contribution is -0.136. The summed E-state index contributed by atoms with van der Waals surface area (Å²) >= 11 is 1.49. The summed E-state index contributed by atoms with van der Waals surface area (Å²) < 4.78 is 10.8. The molecule has 4 rings (SSSR count). The number of hydrogen-bond donors (Lipinski definition) is 1. The lowest BCUT2D eigenvalue weighted by atomic mass is 9.91. The molecule has 2 atom stereocenters. The van der Waals surface area contributed by atoms with Crippen LogP contribution in [0.3, 0.4) is 0 Å². The zero-order chi connectivity index (χ0) is 24.2. The fraction of sp³-hybridized carbons (Fsp3) is 0.500. The van der Waals surface area contributed by atoms with Crippen molar-refractivity contribution in [3.05, 3.63) is 57.8 Å². The highest BCUT2D eigenvalue weighted by molar-refractivity contribution is 8.16. The Hall–Kier alpha value is -2.58. The normalized spacial score (nSPS) is 22.0. The summed E-state index contributed by atoms with van der Waals surface area (Å²) in [6, 6.07) is 7.94. The second-order valence-corrected chi connectivity index (χ2v) is 9.87. The number of amidine groups is 1. The zero-order valence-corrected chi connectivity index (χ0v) is 21.1. The standard InChI is InChI=1S/C26H33N3O4S/c1-5-21-23(25(31)32-4)24(18-10-8-17(9-11-18)16(2)3)29-19(15-34-26(29)28-21)13-22(30)27-14-20-7-6-12-33-20/h8-11,15-16,20,24H,5-7,12-14H2,1-4H3,(H,27,30)/t20-,24+/m1/s1. The summed E-state index contributed by atoms with van der Waals surface area (Å²) in [5, 5.41) is 5.75. The fourth-order valence-electron chi connectivity index (χ4n) is 4.55. The van der Waals surface area contributed by atoms with Crippen molar-refractivity contribution in [2.24, 2.45) is 4.99 Å². The number of allylic oxidation sites excluding steroid dienone is 1. The van der Waals surface area contributed by atoms with Gasteiger partial charge in [0.15, 0.2) is 5.17 Å². The number of thioether (sulfide) groups is 1. The van der Waals surface area contributed by atoms with Crippen molar-refractivity contribution in [2.75, 3.05) is 20.3 Å². The van der Waals surface area contributed by atoms with Gasteiger partial charge < -0.3 is 19.7 Å². The molecule has 0 aliphatic carbocycles. The van der Waals surface area contributed by atoms with Crippen LogP contribution in [0.15, 0.2) is 51.6 Å². The molecule has 3 aliphatic rings. The number of nitrogens with zero attached hydrogens (tertiary/aromatic N) is 2. The van der Waals surface area contributed by atoms with Crippen LogP contribution in [0.2, 0.25) is 0 Å². The SMILES string of the molecule is CCC1=C(C(=O)OC)[C@H](c2ccc(C(C)C)cc2)N2C(CC(=O)NC[C@H]3CCCO3)=CSC2=N1. The van der Waals surface area contributed by atoms with Crippen molar-refractivity contribution < 1.29 is 19.1 Å². The highest BCUT2D eigenvalue weighted by atomic mass is 32.2. The largest absolute Gasteiger partial charge is 0.466 e. The van der Waals surface area contributed by atoms with Crippen LogP contribution in [0.5, 0.6) is 0 Å². The molecule has 1 N–H and O–H groups in total. The van der Waals surface area contributed by atoms with E-state index < -0.39 is 12.0 Å². The molecule has 1 fully saturated rings. The van der Waals surface area contributed by atoms with Gasteiger partial charge in [-0.3, -0.25) is 4.79 Å². The van der Waals surface area contributed by atoms with Crippen LogP contribution in [0, 0.1) is 0 Å². The van der Waals surface area contributed by atoms with E-state index in [-0.39, 0.29) is 18.4 Å². The Bertz CT molecular complexity index is 1020. The monoisotopic (exact) mass is 483 g/mol. The van der Waals surface area contributed by atoms with Crippen LogP contribution >= 0.6 is 11.8 Å². The molecule has 1 aromatic rings. The minimum Gasteiger partial charge on any atom is -0.466 e. The molecular formula is C26H33N3O4S. The molecule has 182 valence electrons. The number of fused-ring (bicyclic) bond motifs is 1. The van der Waals surface area contributed by atoms with Crippen molar-refractivity contribution >= 4 is 28.8 Å². The highest BCUT2D eigenvalue weighted by Crippen LogP contribution is 2.45.